The van der Waals surface area contributed by atoms with E-state index in [4.69, 9.17) is 27.9 Å². The van der Waals surface area contributed by atoms with Crippen molar-refractivity contribution in [2.24, 2.45) is 0 Å². The van der Waals surface area contributed by atoms with Crippen molar-refractivity contribution >= 4 is 34.8 Å². The molecule has 2 rings (SSSR count). The molecule has 2 heterocycles. The Kier molecular flexibility index (Phi) is 4.92. The van der Waals surface area contributed by atoms with E-state index in [0.717, 1.165) is 31.9 Å². The maximum atomic E-state index is 6.21. The average molecular weight is 290 g/mol. The van der Waals surface area contributed by atoms with Crippen LogP contribution in [-0.4, -0.2) is 37.8 Å². The van der Waals surface area contributed by atoms with Crippen molar-refractivity contribution < 1.29 is 4.74 Å². The van der Waals surface area contributed by atoms with Gasteiger partial charge in [-0.15, -0.1) is 0 Å². The van der Waals surface area contributed by atoms with Gasteiger partial charge in [0, 0.05) is 19.6 Å². The Labute approximate surface area is 117 Å². The van der Waals surface area contributed by atoms with Gasteiger partial charge in [0.15, 0.2) is 0 Å². The number of halogens is 2. The molecule has 1 aromatic rings. The summed E-state index contributed by atoms with van der Waals surface area (Å²) in [6.45, 7) is 5.97. The van der Waals surface area contributed by atoms with E-state index < -0.39 is 0 Å². The van der Waals surface area contributed by atoms with Gasteiger partial charge in [-0.2, -0.15) is 0 Å². The summed E-state index contributed by atoms with van der Waals surface area (Å²) >= 11 is 12.3. The molecule has 0 unspecified atom stereocenters. The summed E-state index contributed by atoms with van der Waals surface area (Å²) in [5.74, 6) is 1.48. The van der Waals surface area contributed by atoms with Crippen molar-refractivity contribution in [1.82, 2.24) is 4.98 Å². The molecule has 4 nitrogen and oxygen atoms in total. The molecule has 0 atom stereocenters. The lowest BCUT2D eigenvalue weighted by molar-refractivity contribution is 0.122. The summed E-state index contributed by atoms with van der Waals surface area (Å²) in [5, 5.41) is 4.36. The van der Waals surface area contributed by atoms with Crippen LogP contribution in [-0.2, 0) is 4.74 Å². The quantitative estimate of drug-likeness (QED) is 0.925. The second-order valence-electron chi connectivity index (χ2n) is 4.15. The Morgan fingerprint density at radius 1 is 1.33 bits per heavy atom. The van der Waals surface area contributed by atoms with E-state index in [1.807, 2.05) is 0 Å². The Balaban J connectivity index is 2.22. The number of ether oxygens (including phenoxy) is 1. The fourth-order valence-electron chi connectivity index (χ4n) is 1.82. The van der Waals surface area contributed by atoms with E-state index in [1.54, 1.807) is 6.07 Å². The lowest BCUT2D eigenvalue weighted by Gasteiger charge is -2.29. The van der Waals surface area contributed by atoms with Gasteiger partial charge in [0.1, 0.15) is 11.6 Å². The second kappa shape index (κ2) is 6.45. The van der Waals surface area contributed by atoms with Gasteiger partial charge in [0.25, 0.3) is 0 Å². The molecule has 0 radical (unpaired) electrons. The summed E-state index contributed by atoms with van der Waals surface area (Å²) < 4.78 is 5.33. The van der Waals surface area contributed by atoms with E-state index in [9.17, 15) is 0 Å². The monoisotopic (exact) mass is 289 g/mol. The van der Waals surface area contributed by atoms with Crippen molar-refractivity contribution in [1.29, 1.82) is 0 Å². The van der Waals surface area contributed by atoms with E-state index in [2.05, 4.69) is 22.1 Å². The van der Waals surface area contributed by atoms with Gasteiger partial charge in [0.05, 0.1) is 23.3 Å². The van der Waals surface area contributed by atoms with E-state index in [0.29, 0.717) is 29.1 Å². The first kappa shape index (κ1) is 13.7. The smallest absolute Gasteiger partial charge is 0.150 e. The van der Waals surface area contributed by atoms with Crippen LogP contribution in [0.2, 0.25) is 10.0 Å². The molecular formula is C12H17Cl2N3O. The molecule has 100 valence electrons. The van der Waals surface area contributed by atoms with Crippen molar-refractivity contribution in [3.05, 3.63) is 16.1 Å². The molecule has 1 N–H and O–H groups in total. The van der Waals surface area contributed by atoms with Gasteiger partial charge in [0.2, 0.25) is 0 Å². The highest BCUT2D eigenvalue weighted by Crippen LogP contribution is 2.31. The summed E-state index contributed by atoms with van der Waals surface area (Å²) in [6, 6.07) is 1.75. The van der Waals surface area contributed by atoms with Crippen LogP contribution in [0.4, 0.5) is 11.6 Å². The van der Waals surface area contributed by atoms with E-state index in [-0.39, 0.29) is 0 Å². The Hall–Kier alpha value is -0.710. The van der Waals surface area contributed by atoms with Crippen molar-refractivity contribution in [2.45, 2.75) is 13.3 Å². The van der Waals surface area contributed by atoms with Gasteiger partial charge in [-0.1, -0.05) is 30.1 Å². The molecule has 1 aromatic heterocycles. The van der Waals surface area contributed by atoms with Gasteiger partial charge < -0.3 is 15.0 Å². The molecule has 0 aromatic carbocycles. The molecule has 1 saturated heterocycles. The van der Waals surface area contributed by atoms with Gasteiger partial charge in [-0.05, 0) is 12.5 Å². The van der Waals surface area contributed by atoms with Crippen LogP contribution in [0.3, 0.4) is 0 Å². The number of nitrogens with zero attached hydrogens (tertiary/aromatic N) is 2. The molecule has 18 heavy (non-hydrogen) atoms. The zero-order valence-electron chi connectivity index (χ0n) is 10.4. The van der Waals surface area contributed by atoms with Crippen molar-refractivity contribution in [3.8, 4) is 0 Å². The standard InChI is InChI=1S/C12H17Cl2N3O/c1-2-3-15-11-9(13)8-10(14)12(16-11)17-4-6-18-7-5-17/h8H,2-7H2,1H3,(H,15,16). The molecule has 1 aliphatic rings. The van der Waals surface area contributed by atoms with Gasteiger partial charge >= 0.3 is 0 Å². The van der Waals surface area contributed by atoms with Crippen LogP contribution in [0.25, 0.3) is 0 Å². The predicted molar refractivity (Wildman–Crippen MR) is 76.1 cm³/mol. The minimum Gasteiger partial charge on any atom is -0.378 e. The third-order valence-electron chi connectivity index (χ3n) is 2.76. The highest BCUT2D eigenvalue weighted by molar-refractivity contribution is 6.37. The van der Waals surface area contributed by atoms with Gasteiger partial charge in [-0.25, -0.2) is 4.98 Å². The van der Waals surface area contributed by atoms with E-state index in [1.165, 1.54) is 0 Å². The lowest BCUT2D eigenvalue weighted by atomic mass is 10.3. The van der Waals surface area contributed by atoms with E-state index >= 15 is 0 Å². The third-order valence-corrected chi connectivity index (χ3v) is 3.33. The zero-order valence-corrected chi connectivity index (χ0v) is 11.9. The third kappa shape index (κ3) is 3.19. The number of pyridine rings is 1. The largest absolute Gasteiger partial charge is 0.378 e. The predicted octanol–water partition coefficient (Wildman–Crippen LogP) is 3.05. The maximum absolute atomic E-state index is 6.21. The minimum atomic E-state index is 0.561. The molecule has 0 spiro atoms. The topological polar surface area (TPSA) is 37.4 Å². The number of hydrogen-bond donors (Lipinski definition) is 1. The lowest BCUT2D eigenvalue weighted by Crippen LogP contribution is -2.37. The number of anilines is 2. The Morgan fingerprint density at radius 3 is 2.72 bits per heavy atom. The molecule has 0 amide bonds. The minimum absolute atomic E-state index is 0.561. The van der Waals surface area contributed by atoms with Gasteiger partial charge in [-0.3, -0.25) is 0 Å². The van der Waals surface area contributed by atoms with Crippen LogP contribution < -0.4 is 10.2 Å². The molecule has 1 aliphatic heterocycles. The zero-order chi connectivity index (χ0) is 13.0. The number of nitrogens with one attached hydrogen (secondary N) is 1. The number of aromatic nitrogens is 1. The molecule has 6 heteroatoms. The first-order valence-electron chi connectivity index (χ1n) is 6.15. The Morgan fingerprint density at radius 2 is 2.06 bits per heavy atom. The van der Waals surface area contributed by atoms with Crippen LogP contribution in [0.15, 0.2) is 6.07 Å². The van der Waals surface area contributed by atoms with Crippen LogP contribution in [0.1, 0.15) is 13.3 Å². The summed E-state index contributed by atoms with van der Waals surface area (Å²) in [4.78, 5) is 6.65. The van der Waals surface area contributed by atoms with Crippen molar-refractivity contribution in [3.63, 3.8) is 0 Å². The first-order chi connectivity index (χ1) is 8.72. The molecule has 0 saturated carbocycles. The van der Waals surface area contributed by atoms with Crippen LogP contribution in [0.5, 0.6) is 0 Å². The maximum Gasteiger partial charge on any atom is 0.150 e. The Bertz CT molecular complexity index is 409. The average Bonchev–Trinajstić information content (AvgIpc) is 2.39. The molecule has 1 fully saturated rings. The SMILES string of the molecule is CCCNc1nc(N2CCOCC2)c(Cl)cc1Cl. The number of hydrogen-bond acceptors (Lipinski definition) is 4. The molecular weight excluding hydrogens is 273 g/mol. The molecule has 0 aliphatic carbocycles. The highest BCUT2D eigenvalue weighted by atomic mass is 35.5. The first-order valence-corrected chi connectivity index (χ1v) is 6.90. The number of rotatable bonds is 4. The summed E-state index contributed by atoms with van der Waals surface area (Å²) in [5.41, 5.74) is 0. The van der Waals surface area contributed by atoms with Crippen molar-refractivity contribution in [2.75, 3.05) is 43.1 Å². The van der Waals surface area contributed by atoms with Crippen LogP contribution in [0, 0.1) is 0 Å². The fraction of sp³-hybridized carbons (Fsp3) is 0.583. The highest BCUT2D eigenvalue weighted by Gasteiger charge is 2.17. The van der Waals surface area contributed by atoms with Crippen LogP contribution >= 0.6 is 23.2 Å². The number of morpholine rings is 1. The second-order valence-corrected chi connectivity index (χ2v) is 4.96. The fourth-order valence-corrected chi connectivity index (χ4v) is 2.37. The summed E-state index contributed by atoms with van der Waals surface area (Å²) in [6.07, 6.45) is 1.02. The summed E-state index contributed by atoms with van der Waals surface area (Å²) in [7, 11) is 0. The normalized spacial score (nSPS) is 15.8. The molecule has 0 bridgehead atoms.